The number of benzene rings is 1. The predicted octanol–water partition coefficient (Wildman–Crippen LogP) is 2.97. The monoisotopic (exact) mass is 287 g/mol. The smallest absolute Gasteiger partial charge is 0.289 e. The lowest BCUT2D eigenvalue weighted by atomic mass is 9.93. The van der Waals surface area contributed by atoms with E-state index in [0.717, 1.165) is 35.9 Å². The Labute approximate surface area is 124 Å². The molecular formula is C17H21NO3. The van der Waals surface area contributed by atoms with Crippen molar-refractivity contribution in [1.82, 2.24) is 4.90 Å². The number of hydrogen-bond donors (Lipinski definition) is 1. The van der Waals surface area contributed by atoms with Gasteiger partial charge < -0.3 is 14.4 Å². The maximum Gasteiger partial charge on any atom is 0.289 e. The number of piperidine rings is 1. The van der Waals surface area contributed by atoms with E-state index >= 15 is 0 Å². The second-order valence-electron chi connectivity index (χ2n) is 6.05. The topological polar surface area (TPSA) is 53.7 Å². The fourth-order valence-corrected chi connectivity index (χ4v) is 3.01. The third kappa shape index (κ3) is 2.81. The fraction of sp³-hybridized carbons (Fsp3) is 0.471. The summed E-state index contributed by atoms with van der Waals surface area (Å²) in [5.74, 6) is 0.477. The zero-order valence-corrected chi connectivity index (χ0v) is 12.5. The number of likely N-dealkylation sites (tertiary alicyclic amines) is 1. The van der Waals surface area contributed by atoms with E-state index in [2.05, 4.69) is 0 Å². The van der Waals surface area contributed by atoms with Crippen LogP contribution >= 0.6 is 0 Å². The van der Waals surface area contributed by atoms with Gasteiger partial charge in [0.1, 0.15) is 5.58 Å². The summed E-state index contributed by atoms with van der Waals surface area (Å²) in [5.41, 5.74) is 1.89. The molecule has 1 aliphatic rings. The Morgan fingerprint density at radius 1 is 1.43 bits per heavy atom. The molecule has 21 heavy (non-hydrogen) atoms. The first kappa shape index (κ1) is 14.1. The number of aryl methyl sites for hydroxylation is 1. The minimum Gasteiger partial charge on any atom is -0.451 e. The molecule has 1 amide bonds. The van der Waals surface area contributed by atoms with Gasteiger partial charge in [0.15, 0.2) is 5.76 Å². The van der Waals surface area contributed by atoms with E-state index in [-0.39, 0.29) is 17.9 Å². The molecule has 112 valence electrons. The van der Waals surface area contributed by atoms with Crippen LogP contribution in [0.4, 0.5) is 0 Å². The normalized spacial score (nSPS) is 20.7. The van der Waals surface area contributed by atoms with Gasteiger partial charge in [0.05, 0.1) is 6.10 Å². The lowest BCUT2D eigenvalue weighted by Crippen LogP contribution is -2.42. The Morgan fingerprint density at radius 3 is 3.00 bits per heavy atom. The van der Waals surface area contributed by atoms with E-state index in [1.165, 1.54) is 0 Å². The van der Waals surface area contributed by atoms with E-state index in [1.54, 1.807) is 11.8 Å². The van der Waals surface area contributed by atoms with Crippen molar-refractivity contribution < 1.29 is 14.3 Å². The summed E-state index contributed by atoms with van der Waals surface area (Å²) in [6.07, 6.45) is 1.53. The molecule has 1 saturated heterocycles. The van der Waals surface area contributed by atoms with E-state index < -0.39 is 0 Å². The van der Waals surface area contributed by atoms with Crippen LogP contribution in [0.2, 0.25) is 0 Å². The van der Waals surface area contributed by atoms with Gasteiger partial charge in [-0.2, -0.15) is 0 Å². The Kier molecular flexibility index (Phi) is 3.72. The average molecular weight is 287 g/mol. The number of carbonyl (C=O) groups is 1. The lowest BCUT2D eigenvalue weighted by Gasteiger charge is -2.33. The Morgan fingerprint density at radius 2 is 2.24 bits per heavy atom. The number of aliphatic hydroxyl groups is 1. The van der Waals surface area contributed by atoms with Gasteiger partial charge in [0.25, 0.3) is 5.91 Å². The van der Waals surface area contributed by atoms with Gasteiger partial charge in [-0.25, -0.2) is 0 Å². The Bertz CT molecular complexity index is 659. The first-order chi connectivity index (χ1) is 10.0. The molecule has 1 aromatic carbocycles. The molecule has 2 atom stereocenters. The van der Waals surface area contributed by atoms with Gasteiger partial charge >= 0.3 is 0 Å². The van der Waals surface area contributed by atoms with Crippen LogP contribution in [0, 0.1) is 12.8 Å². The van der Waals surface area contributed by atoms with Crippen LogP contribution in [0.1, 0.15) is 35.9 Å². The summed E-state index contributed by atoms with van der Waals surface area (Å²) in [7, 11) is 0. The number of nitrogens with zero attached hydrogens (tertiary/aromatic N) is 1. The van der Waals surface area contributed by atoms with Crippen molar-refractivity contribution >= 4 is 16.9 Å². The SMILES string of the molecule is Cc1ccc2oc(C(=O)N3CCCC(C(C)O)C3)cc2c1. The van der Waals surface area contributed by atoms with Crippen LogP contribution in [0.5, 0.6) is 0 Å². The van der Waals surface area contributed by atoms with Crippen molar-refractivity contribution in [3.8, 4) is 0 Å². The third-order valence-corrected chi connectivity index (χ3v) is 4.31. The molecule has 4 nitrogen and oxygen atoms in total. The molecule has 2 heterocycles. The molecule has 4 heteroatoms. The molecule has 1 N–H and O–H groups in total. The second-order valence-corrected chi connectivity index (χ2v) is 6.05. The molecular weight excluding hydrogens is 266 g/mol. The summed E-state index contributed by atoms with van der Waals surface area (Å²) in [5, 5.41) is 10.7. The van der Waals surface area contributed by atoms with Crippen LogP contribution in [0.15, 0.2) is 28.7 Å². The molecule has 0 radical (unpaired) electrons. The highest BCUT2D eigenvalue weighted by molar-refractivity contribution is 5.96. The maximum atomic E-state index is 12.6. The average Bonchev–Trinajstić information content (AvgIpc) is 2.89. The third-order valence-electron chi connectivity index (χ3n) is 4.31. The van der Waals surface area contributed by atoms with Crippen molar-refractivity contribution in [3.63, 3.8) is 0 Å². The largest absolute Gasteiger partial charge is 0.451 e. The molecule has 0 saturated carbocycles. The van der Waals surface area contributed by atoms with Crippen molar-refractivity contribution in [2.75, 3.05) is 13.1 Å². The summed E-state index contributed by atoms with van der Waals surface area (Å²) in [6, 6.07) is 7.71. The Hall–Kier alpha value is -1.81. The molecule has 3 rings (SSSR count). The first-order valence-electron chi connectivity index (χ1n) is 7.52. The van der Waals surface area contributed by atoms with Crippen LogP contribution in [-0.4, -0.2) is 35.1 Å². The quantitative estimate of drug-likeness (QED) is 0.924. The van der Waals surface area contributed by atoms with E-state index in [4.69, 9.17) is 4.42 Å². The van der Waals surface area contributed by atoms with Crippen molar-refractivity contribution in [2.45, 2.75) is 32.8 Å². The number of fused-ring (bicyclic) bond motifs is 1. The fourth-order valence-electron chi connectivity index (χ4n) is 3.01. The minimum absolute atomic E-state index is 0.0748. The molecule has 0 spiro atoms. The van der Waals surface area contributed by atoms with Gasteiger partial charge in [-0.15, -0.1) is 0 Å². The second kappa shape index (κ2) is 5.53. The minimum atomic E-state index is -0.376. The van der Waals surface area contributed by atoms with Crippen LogP contribution in [0.25, 0.3) is 11.0 Å². The van der Waals surface area contributed by atoms with Crippen LogP contribution < -0.4 is 0 Å². The Balaban J connectivity index is 1.82. The highest BCUT2D eigenvalue weighted by Crippen LogP contribution is 2.25. The first-order valence-corrected chi connectivity index (χ1v) is 7.52. The number of amides is 1. The zero-order chi connectivity index (χ0) is 15.0. The molecule has 2 unspecified atom stereocenters. The molecule has 0 bridgehead atoms. The number of aliphatic hydroxyl groups excluding tert-OH is 1. The van der Waals surface area contributed by atoms with Gasteiger partial charge in [-0.3, -0.25) is 4.79 Å². The van der Waals surface area contributed by atoms with Gasteiger partial charge in [0, 0.05) is 24.4 Å². The van der Waals surface area contributed by atoms with E-state index in [9.17, 15) is 9.90 Å². The summed E-state index contributed by atoms with van der Waals surface area (Å²) in [4.78, 5) is 14.4. The standard InChI is InChI=1S/C17H21NO3/c1-11-5-6-15-14(8-11)9-16(21-15)17(20)18-7-3-4-13(10-18)12(2)19/h5-6,8-9,12-13,19H,3-4,7,10H2,1-2H3. The van der Waals surface area contributed by atoms with E-state index in [0.29, 0.717) is 12.3 Å². The maximum absolute atomic E-state index is 12.6. The van der Waals surface area contributed by atoms with Crippen molar-refractivity contribution in [1.29, 1.82) is 0 Å². The van der Waals surface area contributed by atoms with Crippen molar-refractivity contribution in [2.24, 2.45) is 5.92 Å². The molecule has 2 aromatic rings. The molecule has 1 aliphatic heterocycles. The highest BCUT2D eigenvalue weighted by atomic mass is 16.3. The molecule has 1 aromatic heterocycles. The molecule has 0 aliphatic carbocycles. The summed E-state index contributed by atoms with van der Waals surface area (Å²) in [6.45, 7) is 5.15. The van der Waals surface area contributed by atoms with Gasteiger partial charge in [0.2, 0.25) is 0 Å². The number of rotatable bonds is 2. The zero-order valence-electron chi connectivity index (χ0n) is 12.5. The number of hydrogen-bond acceptors (Lipinski definition) is 3. The summed E-state index contributed by atoms with van der Waals surface area (Å²) >= 11 is 0. The van der Waals surface area contributed by atoms with Gasteiger partial charge in [-0.05, 0) is 44.9 Å². The van der Waals surface area contributed by atoms with Gasteiger partial charge in [-0.1, -0.05) is 11.6 Å². The predicted molar refractivity (Wildman–Crippen MR) is 81.3 cm³/mol. The number of carbonyl (C=O) groups excluding carboxylic acids is 1. The summed E-state index contributed by atoms with van der Waals surface area (Å²) < 4.78 is 5.68. The van der Waals surface area contributed by atoms with Crippen molar-refractivity contribution in [3.05, 3.63) is 35.6 Å². The number of furan rings is 1. The molecule has 1 fully saturated rings. The lowest BCUT2D eigenvalue weighted by molar-refractivity contribution is 0.0444. The van der Waals surface area contributed by atoms with Crippen LogP contribution in [0.3, 0.4) is 0 Å². The van der Waals surface area contributed by atoms with E-state index in [1.807, 2.05) is 31.2 Å². The highest BCUT2D eigenvalue weighted by Gasteiger charge is 2.28. The van der Waals surface area contributed by atoms with Crippen LogP contribution in [-0.2, 0) is 0 Å².